The molecule has 0 saturated carbocycles. The largest absolute Gasteiger partial charge is 0.497 e. The highest BCUT2D eigenvalue weighted by atomic mass is 16.5. The van der Waals surface area contributed by atoms with Crippen molar-refractivity contribution in [3.63, 3.8) is 0 Å². The lowest BCUT2D eigenvalue weighted by Crippen LogP contribution is -2.46. The molecular weight excluding hydrogens is 408 g/mol. The zero-order valence-electron chi connectivity index (χ0n) is 18.8. The molecule has 0 aliphatic carbocycles. The molecule has 4 aromatic rings. The number of benzene rings is 4. The Morgan fingerprint density at radius 2 is 1.21 bits per heavy atom. The van der Waals surface area contributed by atoms with Crippen molar-refractivity contribution in [2.45, 2.75) is 12.5 Å². The SMILES string of the molecule is COc1ccc(-c2ccc(N=C3CC(c4ccccc4)N3c3ccc(OC)cc3)cc2)cc1. The standard InChI is InChI=1S/C29H26N2O2/c1-32-26-16-10-22(11-17-26)21-8-12-24(13-9-21)30-29-20-28(23-6-4-3-5-7-23)31(29)25-14-18-27(33-2)19-15-25/h3-19,28H,20H2,1-2H3. The molecular formula is C29H26N2O2. The molecule has 5 rings (SSSR count). The molecule has 1 fully saturated rings. The van der Waals surface area contributed by atoms with Crippen molar-refractivity contribution in [1.82, 2.24) is 0 Å². The number of amidine groups is 1. The van der Waals surface area contributed by atoms with Crippen molar-refractivity contribution < 1.29 is 9.47 Å². The van der Waals surface area contributed by atoms with Crippen LogP contribution >= 0.6 is 0 Å². The van der Waals surface area contributed by atoms with Crippen LogP contribution in [0.1, 0.15) is 18.0 Å². The molecule has 4 nitrogen and oxygen atoms in total. The maximum absolute atomic E-state index is 5.34. The number of hydrogen-bond donors (Lipinski definition) is 0. The number of nitrogens with zero attached hydrogens (tertiary/aromatic N) is 2. The van der Waals surface area contributed by atoms with Gasteiger partial charge in [-0.15, -0.1) is 0 Å². The van der Waals surface area contributed by atoms with E-state index in [9.17, 15) is 0 Å². The lowest BCUT2D eigenvalue weighted by molar-refractivity contribution is 0.414. The molecule has 0 bridgehead atoms. The summed E-state index contributed by atoms with van der Waals surface area (Å²) in [6.07, 6.45) is 0.899. The summed E-state index contributed by atoms with van der Waals surface area (Å²) in [6.45, 7) is 0. The Morgan fingerprint density at radius 3 is 1.79 bits per heavy atom. The highest BCUT2D eigenvalue weighted by Gasteiger charge is 2.36. The molecule has 1 heterocycles. The van der Waals surface area contributed by atoms with Crippen molar-refractivity contribution >= 4 is 17.2 Å². The summed E-state index contributed by atoms with van der Waals surface area (Å²) in [5.74, 6) is 2.77. The van der Waals surface area contributed by atoms with E-state index in [1.807, 2.05) is 24.3 Å². The van der Waals surface area contributed by atoms with Gasteiger partial charge in [0, 0.05) is 12.1 Å². The summed E-state index contributed by atoms with van der Waals surface area (Å²) in [5.41, 5.74) is 5.67. The van der Waals surface area contributed by atoms with Gasteiger partial charge in [-0.1, -0.05) is 54.6 Å². The summed E-state index contributed by atoms with van der Waals surface area (Å²) < 4.78 is 10.6. The summed E-state index contributed by atoms with van der Waals surface area (Å²) in [4.78, 5) is 7.31. The van der Waals surface area contributed by atoms with Crippen molar-refractivity contribution in [3.05, 3.63) is 109 Å². The molecule has 0 N–H and O–H groups in total. The van der Waals surface area contributed by atoms with Crippen LogP contribution in [-0.2, 0) is 0 Å². The number of anilines is 1. The number of rotatable bonds is 6. The highest BCUT2D eigenvalue weighted by molar-refractivity contribution is 6.06. The van der Waals surface area contributed by atoms with Crippen LogP contribution in [0.2, 0.25) is 0 Å². The second-order valence-corrected chi connectivity index (χ2v) is 8.00. The average Bonchev–Trinajstić information content (AvgIpc) is 2.88. The first-order valence-electron chi connectivity index (χ1n) is 11.1. The first-order chi connectivity index (χ1) is 16.2. The Morgan fingerprint density at radius 1 is 0.667 bits per heavy atom. The van der Waals surface area contributed by atoms with Gasteiger partial charge in [-0.25, -0.2) is 4.99 Å². The van der Waals surface area contributed by atoms with Crippen LogP contribution in [-0.4, -0.2) is 20.1 Å². The Bertz CT molecular complexity index is 1230. The van der Waals surface area contributed by atoms with E-state index in [1.54, 1.807) is 14.2 Å². The van der Waals surface area contributed by atoms with Crippen molar-refractivity contribution in [1.29, 1.82) is 0 Å². The van der Waals surface area contributed by atoms with Gasteiger partial charge in [0.2, 0.25) is 0 Å². The van der Waals surface area contributed by atoms with E-state index in [0.717, 1.165) is 46.3 Å². The molecule has 0 radical (unpaired) electrons. The molecule has 33 heavy (non-hydrogen) atoms. The summed E-state index contributed by atoms with van der Waals surface area (Å²) in [5, 5.41) is 0. The molecule has 4 aromatic carbocycles. The summed E-state index contributed by atoms with van der Waals surface area (Å²) in [7, 11) is 3.37. The van der Waals surface area contributed by atoms with Crippen LogP contribution in [0.5, 0.6) is 11.5 Å². The fourth-order valence-electron chi connectivity index (χ4n) is 4.20. The number of methoxy groups -OCH3 is 2. The van der Waals surface area contributed by atoms with Gasteiger partial charge in [-0.3, -0.25) is 0 Å². The average molecular weight is 435 g/mol. The zero-order valence-corrected chi connectivity index (χ0v) is 18.8. The molecule has 0 amide bonds. The Kier molecular flexibility index (Phi) is 5.81. The molecule has 1 aliphatic rings. The van der Waals surface area contributed by atoms with E-state index < -0.39 is 0 Å². The van der Waals surface area contributed by atoms with Gasteiger partial charge in [0.15, 0.2) is 0 Å². The van der Waals surface area contributed by atoms with Gasteiger partial charge in [-0.05, 0) is 65.2 Å². The number of hydrogen-bond acceptors (Lipinski definition) is 3. The van der Waals surface area contributed by atoms with Crippen LogP contribution in [0.4, 0.5) is 11.4 Å². The quantitative estimate of drug-likeness (QED) is 0.326. The first-order valence-corrected chi connectivity index (χ1v) is 11.1. The molecule has 0 spiro atoms. The first kappa shape index (κ1) is 20.8. The van der Waals surface area contributed by atoms with E-state index in [0.29, 0.717) is 0 Å². The van der Waals surface area contributed by atoms with Crippen LogP contribution in [0.3, 0.4) is 0 Å². The summed E-state index contributed by atoms with van der Waals surface area (Å²) in [6, 6.07) is 35.6. The second kappa shape index (κ2) is 9.21. The fourth-order valence-corrected chi connectivity index (χ4v) is 4.20. The van der Waals surface area contributed by atoms with E-state index >= 15 is 0 Å². The van der Waals surface area contributed by atoms with Crippen molar-refractivity contribution in [2.24, 2.45) is 4.99 Å². The molecule has 1 saturated heterocycles. The molecule has 0 aromatic heterocycles. The highest BCUT2D eigenvalue weighted by Crippen LogP contribution is 2.41. The maximum atomic E-state index is 5.34. The predicted octanol–water partition coefficient (Wildman–Crippen LogP) is 7.05. The van der Waals surface area contributed by atoms with Gasteiger partial charge in [0.1, 0.15) is 17.3 Å². The summed E-state index contributed by atoms with van der Waals surface area (Å²) >= 11 is 0. The molecule has 1 aliphatic heterocycles. The topological polar surface area (TPSA) is 34.1 Å². The van der Waals surface area contributed by atoms with Gasteiger partial charge in [0.05, 0.1) is 25.9 Å². The fraction of sp³-hybridized carbons (Fsp3) is 0.138. The van der Waals surface area contributed by atoms with Crippen LogP contribution in [0.15, 0.2) is 108 Å². The van der Waals surface area contributed by atoms with E-state index in [-0.39, 0.29) is 6.04 Å². The van der Waals surface area contributed by atoms with Gasteiger partial charge in [0.25, 0.3) is 0 Å². The molecule has 164 valence electrons. The number of aliphatic imine (C=N–C) groups is 1. The van der Waals surface area contributed by atoms with E-state index in [2.05, 4.69) is 83.8 Å². The minimum atomic E-state index is 0.275. The predicted molar refractivity (Wildman–Crippen MR) is 135 cm³/mol. The molecule has 1 atom stereocenters. The van der Waals surface area contributed by atoms with Gasteiger partial charge < -0.3 is 14.4 Å². The van der Waals surface area contributed by atoms with Crippen LogP contribution in [0.25, 0.3) is 11.1 Å². The monoisotopic (exact) mass is 434 g/mol. The Hall–Kier alpha value is -4.05. The third-order valence-corrected chi connectivity index (χ3v) is 6.05. The molecule has 1 unspecified atom stereocenters. The number of ether oxygens (including phenoxy) is 2. The Balaban J connectivity index is 1.42. The van der Waals surface area contributed by atoms with Gasteiger partial charge in [-0.2, -0.15) is 0 Å². The minimum Gasteiger partial charge on any atom is -0.497 e. The smallest absolute Gasteiger partial charge is 0.119 e. The van der Waals surface area contributed by atoms with Crippen molar-refractivity contribution in [3.8, 4) is 22.6 Å². The third kappa shape index (κ3) is 4.33. The lowest BCUT2D eigenvalue weighted by atomic mass is 9.92. The van der Waals surface area contributed by atoms with E-state index in [1.165, 1.54) is 5.56 Å². The van der Waals surface area contributed by atoms with Crippen molar-refractivity contribution in [2.75, 3.05) is 19.1 Å². The van der Waals surface area contributed by atoms with E-state index in [4.69, 9.17) is 14.5 Å². The van der Waals surface area contributed by atoms with Crippen LogP contribution < -0.4 is 14.4 Å². The maximum Gasteiger partial charge on any atom is 0.119 e. The second-order valence-electron chi connectivity index (χ2n) is 8.00. The normalized spacial score (nSPS) is 16.4. The third-order valence-electron chi connectivity index (χ3n) is 6.05. The molecule has 4 heteroatoms. The minimum absolute atomic E-state index is 0.275. The zero-order chi connectivity index (χ0) is 22.6. The lowest BCUT2D eigenvalue weighted by Gasteiger charge is -2.44. The van der Waals surface area contributed by atoms with Crippen LogP contribution in [0, 0.1) is 0 Å². The Labute approximate surface area is 194 Å². The van der Waals surface area contributed by atoms with Gasteiger partial charge >= 0.3 is 0 Å².